The quantitative estimate of drug-likeness (QED) is 0.680. The van der Waals surface area contributed by atoms with Crippen LogP contribution in [0.25, 0.3) is 0 Å². The Kier molecular flexibility index (Phi) is 4.66. The topological polar surface area (TPSA) is 20.3 Å². The number of anilines is 1. The Morgan fingerprint density at radius 2 is 1.63 bits per heavy atom. The number of amides is 1. The standard InChI is InChI=1S/C14H10Br2ClNO/c1-18(11-5-2-9(15)3-6-11)14(19)12-7-4-10(16)8-13(12)17/h2-8H,1H3. The predicted molar refractivity (Wildman–Crippen MR) is 86.0 cm³/mol. The van der Waals surface area contributed by atoms with Crippen molar-refractivity contribution in [2.45, 2.75) is 0 Å². The van der Waals surface area contributed by atoms with Gasteiger partial charge in [0.1, 0.15) is 0 Å². The summed E-state index contributed by atoms with van der Waals surface area (Å²) in [6.45, 7) is 0. The molecule has 0 saturated heterocycles. The van der Waals surface area contributed by atoms with Crippen LogP contribution in [0.3, 0.4) is 0 Å². The molecule has 5 heteroatoms. The first-order valence-electron chi connectivity index (χ1n) is 5.47. The van der Waals surface area contributed by atoms with Gasteiger partial charge in [0.2, 0.25) is 0 Å². The first kappa shape index (κ1) is 14.6. The van der Waals surface area contributed by atoms with Crippen molar-refractivity contribution < 1.29 is 4.79 Å². The molecule has 0 bridgehead atoms. The largest absolute Gasteiger partial charge is 0.311 e. The SMILES string of the molecule is CN(C(=O)c1ccc(Br)cc1Cl)c1ccc(Br)cc1. The molecule has 0 aliphatic rings. The van der Waals surface area contributed by atoms with Gasteiger partial charge in [-0.25, -0.2) is 0 Å². The molecular formula is C14H10Br2ClNO. The molecular weight excluding hydrogens is 393 g/mol. The zero-order chi connectivity index (χ0) is 14.0. The zero-order valence-electron chi connectivity index (χ0n) is 10.0. The summed E-state index contributed by atoms with van der Waals surface area (Å²) in [5.74, 6) is -0.139. The molecule has 0 radical (unpaired) electrons. The Hall–Kier alpha value is -0.840. The maximum absolute atomic E-state index is 12.4. The number of carbonyl (C=O) groups excluding carboxylic acids is 1. The van der Waals surface area contributed by atoms with E-state index in [9.17, 15) is 4.79 Å². The molecule has 0 fully saturated rings. The van der Waals surface area contributed by atoms with Gasteiger partial charge in [-0.15, -0.1) is 0 Å². The van der Waals surface area contributed by atoms with Gasteiger partial charge in [-0.05, 0) is 42.5 Å². The third-order valence-electron chi connectivity index (χ3n) is 2.68. The second-order valence-electron chi connectivity index (χ2n) is 3.96. The van der Waals surface area contributed by atoms with Crippen molar-refractivity contribution in [1.82, 2.24) is 0 Å². The maximum Gasteiger partial charge on any atom is 0.259 e. The first-order chi connectivity index (χ1) is 8.99. The average molecular weight is 404 g/mol. The minimum atomic E-state index is -0.139. The van der Waals surface area contributed by atoms with E-state index in [1.165, 1.54) is 0 Å². The lowest BCUT2D eigenvalue weighted by Gasteiger charge is -2.18. The highest BCUT2D eigenvalue weighted by Crippen LogP contribution is 2.25. The van der Waals surface area contributed by atoms with Crippen LogP contribution >= 0.6 is 43.5 Å². The van der Waals surface area contributed by atoms with Gasteiger partial charge in [-0.1, -0.05) is 43.5 Å². The van der Waals surface area contributed by atoms with E-state index in [-0.39, 0.29) is 5.91 Å². The second kappa shape index (κ2) is 6.07. The Morgan fingerprint density at radius 3 is 2.21 bits per heavy atom. The molecule has 2 nitrogen and oxygen atoms in total. The van der Waals surface area contributed by atoms with Crippen LogP contribution in [0.1, 0.15) is 10.4 Å². The van der Waals surface area contributed by atoms with Crippen LogP contribution in [0.2, 0.25) is 5.02 Å². The van der Waals surface area contributed by atoms with Crippen molar-refractivity contribution in [3.05, 3.63) is 62.0 Å². The second-order valence-corrected chi connectivity index (χ2v) is 6.20. The van der Waals surface area contributed by atoms with E-state index in [1.54, 1.807) is 30.1 Å². The molecule has 0 atom stereocenters. The highest BCUT2D eigenvalue weighted by Gasteiger charge is 2.16. The van der Waals surface area contributed by atoms with Gasteiger partial charge in [0, 0.05) is 21.7 Å². The monoisotopic (exact) mass is 401 g/mol. The Labute approximate surface area is 133 Å². The molecule has 2 rings (SSSR count). The van der Waals surface area contributed by atoms with Gasteiger partial charge in [-0.2, -0.15) is 0 Å². The highest BCUT2D eigenvalue weighted by atomic mass is 79.9. The lowest BCUT2D eigenvalue weighted by molar-refractivity contribution is 0.0993. The number of halogens is 3. The van der Waals surface area contributed by atoms with Gasteiger partial charge >= 0.3 is 0 Å². The summed E-state index contributed by atoms with van der Waals surface area (Å²) in [7, 11) is 1.73. The van der Waals surface area contributed by atoms with E-state index in [4.69, 9.17) is 11.6 Å². The summed E-state index contributed by atoms with van der Waals surface area (Å²) in [5.41, 5.74) is 1.29. The molecule has 19 heavy (non-hydrogen) atoms. The zero-order valence-corrected chi connectivity index (χ0v) is 14.0. The van der Waals surface area contributed by atoms with Crippen molar-refractivity contribution in [2.24, 2.45) is 0 Å². The van der Waals surface area contributed by atoms with E-state index in [2.05, 4.69) is 31.9 Å². The van der Waals surface area contributed by atoms with Crippen molar-refractivity contribution in [2.75, 3.05) is 11.9 Å². The molecule has 0 aromatic heterocycles. The fraction of sp³-hybridized carbons (Fsp3) is 0.0714. The Balaban J connectivity index is 2.30. The molecule has 0 spiro atoms. The van der Waals surface area contributed by atoms with E-state index in [1.807, 2.05) is 24.3 Å². The van der Waals surface area contributed by atoms with Crippen molar-refractivity contribution >= 4 is 55.1 Å². The number of rotatable bonds is 2. The van der Waals surface area contributed by atoms with Crippen LogP contribution in [0.15, 0.2) is 51.4 Å². The van der Waals surface area contributed by atoms with E-state index in [0.29, 0.717) is 10.6 Å². The minimum absolute atomic E-state index is 0.139. The molecule has 0 aliphatic heterocycles. The number of hydrogen-bond acceptors (Lipinski definition) is 1. The molecule has 0 N–H and O–H groups in total. The van der Waals surface area contributed by atoms with Crippen LogP contribution in [-0.2, 0) is 0 Å². The summed E-state index contributed by atoms with van der Waals surface area (Å²) in [5, 5.41) is 0.434. The summed E-state index contributed by atoms with van der Waals surface area (Å²) < 4.78 is 1.82. The van der Waals surface area contributed by atoms with Crippen LogP contribution in [0, 0.1) is 0 Å². The molecule has 0 saturated carbocycles. The van der Waals surface area contributed by atoms with Gasteiger partial charge in [-0.3, -0.25) is 4.79 Å². The predicted octanol–water partition coefficient (Wildman–Crippen LogP) is 5.14. The van der Waals surface area contributed by atoms with Crippen LogP contribution in [-0.4, -0.2) is 13.0 Å². The fourth-order valence-corrected chi connectivity index (χ4v) is 2.64. The molecule has 2 aromatic rings. The summed E-state index contributed by atoms with van der Waals surface area (Å²) in [6.07, 6.45) is 0. The highest BCUT2D eigenvalue weighted by molar-refractivity contribution is 9.10. The smallest absolute Gasteiger partial charge is 0.259 e. The number of nitrogens with zero attached hydrogens (tertiary/aromatic N) is 1. The maximum atomic E-state index is 12.4. The van der Waals surface area contributed by atoms with Crippen molar-refractivity contribution in [1.29, 1.82) is 0 Å². The number of benzene rings is 2. The van der Waals surface area contributed by atoms with Gasteiger partial charge < -0.3 is 4.90 Å². The van der Waals surface area contributed by atoms with Crippen molar-refractivity contribution in [3.8, 4) is 0 Å². The number of carbonyl (C=O) groups is 1. The normalized spacial score (nSPS) is 10.3. The molecule has 0 heterocycles. The molecule has 0 unspecified atom stereocenters. The van der Waals surface area contributed by atoms with Gasteiger partial charge in [0.05, 0.1) is 10.6 Å². The third kappa shape index (κ3) is 3.38. The summed E-state index contributed by atoms with van der Waals surface area (Å²) in [6, 6.07) is 12.7. The first-order valence-corrected chi connectivity index (χ1v) is 7.44. The van der Waals surface area contributed by atoms with Gasteiger partial charge in [0.25, 0.3) is 5.91 Å². The van der Waals surface area contributed by atoms with Crippen LogP contribution in [0.4, 0.5) is 5.69 Å². The molecule has 98 valence electrons. The average Bonchev–Trinajstić information content (AvgIpc) is 2.38. The lowest BCUT2D eigenvalue weighted by Crippen LogP contribution is -2.26. The lowest BCUT2D eigenvalue weighted by atomic mass is 10.2. The van der Waals surface area contributed by atoms with Crippen LogP contribution < -0.4 is 4.90 Å². The molecule has 2 aromatic carbocycles. The third-order valence-corrected chi connectivity index (χ3v) is 4.01. The Morgan fingerprint density at radius 1 is 1.05 bits per heavy atom. The van der Waals surface area contributed by atoms with E-state index in [0.717, 1.165) is 14.6 Å². The van der Waals surface area contributed by atoms with E-state index >= 15 is 0 Å². The minimum Gasteiger partial charge on any atom is -0.311 e. The molecule has 1 amide bonds. The van der Waals surface area contributed by atoms with Crippen molar-refractivity contribution in [3.63, 3.8) is 0 Å². The van der Waals surface area contributed by atoms with E-state index < -0.39 is 0 Å². The Bertz CT molecular complexity index is 613. The summed E-state index contributed by atoms with van der Waals surface area (Å²) in [4.78, 5) is 13.9. The number of hydrogen-bond donors (Lipinski definition) is 0. The molecule has 0 aliphatic carbocycles. The van der Waals surface area contributed by atoms with Crippen LogP contribution in [0.5, 0.6) is 0 Å². The summed E-state index contributed by atoms with van der Waals surface area (Å²) >= 11 is 12.8. The fourth-order valence-electron chi connectivity index (χ4n) is 1.63. The van der Waals surface area contributed by atoms with Gasteiger partial charge in [0.15, 0.2) is 0 Å².